The Bertz CT molecular complexity index is 999. The molecule has 26 heavy (non-hydrogen) atoms. The van der Waals surface area contributed by atoms with Crippen molar-refractivity contribution < 1.29 is 9.15 Å². The average molecular weight is 365 g/mol. The number of rotatable bonds is 4. The van der Waals surface area contributed by atoms with Crippen molar-refractivity contribution >= 4 is 16.3 Å². The van der Waals surface area contributed by atoms with E-state index in [2.05, 4.69) is 24.3 Å². The Morgan fingerprint density at radius 3 is 2.69 bits per heavy atom. The molecule has 0 aliphatic carbocycles. The number of furan rings is 1. The molecule has 0 radical (unpaired) electrons. The number of benzene rings is 1. The largest absolute Gasteiger partial charge is 0.462 e. The van der Waals surface area contributed by atoms with Crippen molar-refractivity contribution in [3.63, 3.8) is 0 Å². The topological polar surface area (TPSA) is 52.6 Å². The molecular formula is C20H19N3O2S. The third-order valence-electron chi connectivity index (χ3n) is 4.90. The van der Waals surface area contributed by atoms with Crippen LogP contribution in [0.3, 0.4) is 0 Å². The lowest BCUT2D eigenvalue weighted by Gasteiger charge is -2.21. The van der Waals surface area contributed by atoms with E-state index in [0.29, 0.717) is 5.92 Å². The molecular weight excluding hydrogens is 346 g/mol. The van der Waals surface area contributed by atoms with Gasteiger partial charge in [-0.2, -0.15) is 5.10 Å². The van der Waals surface area contributed by atoms with Gasteiger partial charge in [0.2, 0.25) is 4.96 Å². The maximum atomic E-state index is 5.53. The van der Waals surface area contributed by atoms with E-state index >= 15 is 0 Å². The van der Waals surface area contributed by atoms with Crippen LogP contribution < -0.4 is 0 Å². The first-order chi connectivity index (χ1) is 12.9. The summed E-state index contributed by atoms with van der Waals surface area (Å²) in [6.07, 6.45) is 4.83. The van der Waals surface area contributed by atoms with Crippen LogP contribution in [0.2, 0.25) is 0 Å². The fourth-order valence-electron chi connectivity index (χ4n) is 3.52. The molecule has 4 aromatic rings. The number of aromatic nitrogens is 3. The van der Waals surface area contributed by atoms with E-state index in [4.69, 9.17) is 19.2 Å². The van der Waals surface area contributed by atoms with Crippen LogP contribution in [0.4, 0.5) is 0 Å². The van der Waals surface area contributed by atoms with Gasteiger partial charge in [-0.3, -0.25) is 0 Å². The summed E-state index contributed by atoms with van der Waals surface area (Å²) >= 11 is 1.57. The Labute approximate surface area is 155 Å². The van der Waals surface area contributed by atoms with Crippen LogP contribution in [0.1, 0.15) is 18.5 Å². The molecule has 1 aromatic carbocycles. The highest BCUT2D eigenvalue weighted by molar-refractivity contribution is 7.19. The summed E-state index contributed by atoms with van der Waals surface area (Å²) < 4.78 is 13.1. The van der Waals surface area contributed by atoms with Gasteiger partial charge in [0.15, 0.2) is 10.8 Å². The van der Waals surface area contributed by atoms with Crippen molar-refractivity contribution in [2.75, 3.05) is 13.2 Å². The first-order valence-electron chi connectivity index (χ1n) is 8.94. The second kappa shape index (κ2) is 6.70. The summed E-state index contributed by atoms with van der Waals surface area (Å²) in [4.78, 5) is 5.84. The number of imidazole rings is 1. The minimum atomic E-state index is 0.611. The average Bonchev–Trinajstić information content (AvgIpc) is 3.40. The van der Waals surface area contributed by atoms with E-state index in [9.17, 15) is 0 Å². The van der Waals surface area contributed by atoms with Gasteiger partial charge in [-0.25, -0.2) is 9.50 Å². The normalized spacial score (nSPS) is 15.7. The third kappa shape index (κ3) is 2.85. The number of nitrogens with zero attached hydrogens (tertiary/aromatic N) is 3. The second-order valence-electron chi connectivity index (χ2n) is 6.61. The first kappa shape index (κ1) is 15.8. The van der Waals surface area contributed by atoms with Crippen molar-refractivity contribution in [1.82, 2.24) is 14.6 Å². The van der Waals surface area contributed by atoms with Gasteiger partial charge in [-0.15, -0.1) is 0 Å². The van der Waals surface area contributed by atoms with Crippen LogP contribution in [0.25, 0.3) is 27.0 Å². The van der Waals surface area contributed by atoms with Gasteiger partial charge in [-0.1, -0.05) is 41.7 Å². The molecule has 1 aliphatic heterocycles. The monoisotopic (exact) mass is 365 g/mol. The van der Waals surface area contributed by atoms with Gasteiger partial charge >= 0.3 is 0 Å². The standard InChI is InChI=1S/C20H19N3O2S/c1-2-5-15(6-3-1)18-16(13-14-8-11-24-12-9-14)23-20(21-18)26-19(22-23)17-7-4-10-25-17/h1-7,10,14H,8-9,11-13H2. The summed E-state index contributed by atoms with van der Waals surface area (Å²) in [7, 11) is 0. The quantitative estimate of drug-likeness (QED) is 0.527. The molecule has 5 nitrogen and oxygen atoms in total. The van der Waals surface area contributed by atoms with Crippen LogP contribution >= 0.6 is 11.3 Å². The molecule has 3 aromatic heterocycles. The van der Waals surface area contributed by atoms with Gasteiger partial charge in [0, 0.05) is 18.8 Å². The van der Waals surface area contributed by atoms with Crippen molar-refractivity contribution in [3.05, 3.63) is 54.4 Å². The molecule has 0 spiro atoms. The lowest BCUT2D eigenvalue weighted by molar-refractivity contribution is 0.0662. The molecule has 0 saturated carbocycles. The van der Waals surface area contributed by atoms with Crippen LogP contribution in [0.5, 0.6) is 0 Å². The molecule has 0 amide bonds. The van der Waals surface area contributed by atoms with Gasteiger partial charge in [0.1, 0.15) is 0 Å². The Morgan fingerprint density at radius 2 is 1.92 bits per heavy atom. The maximum Gasteiger partial charge on any atom is 0.213 e. The summed E-state index contributed by atoms with van der Waals surface area (Å²) in [6, 6.07) is 14.2. The van der Waals surface area contributed by atoms with Gasteiger partial charge in [0.05, 0.1) is 17.7 Å². The maximum absolute atomic E-state index is 5.53. The third-order valence-corrected chi connectivity index (χ3v) is 5.82. The predicted octanol–water partition coefficient (Wildman–Crippen LogP) is 4.69. The molecule has 1 saturated heterocycles. The lowest BCUT2D eigenvalue weighted by Crippen LogP contribution is -2.18. The Kier molecular flexibility index (Phi) is 4.07. The highest BCUT2D eigenvalue weighted by Gasteiger charge is 2.23. The number of hydrogen-bond donors (Lipinski definition) is 0. The van der Waals surface area contributed by atoms with Crippen molar-refractivity contribution in [1.29, 1.82) is 0 Å². The van der Waals surface area contributed by atoms with E-state index in [1.807, 2.05) is 22.7 Å². The fourth-order valence-corrected chi connectivity index (χ4v) is 4.41. The van der Waals surface area contributed by atoms with Gasteiger partial charge < -0.3 is 9.15 Å². The second-order valence-corrected chi connectivity index (χ2v) is 7.57. The molecule has 1 aliphatic rings. The van der Waals surface area contributed by atoms with Crippen LogP contribution in [0.15, 0.2) is 53.1 Å². The van der Waals surface area contributed by atoms with Crippen molar-refractivity contribution in [3.8, 4) is 22.0 Å². The molecule has 0 bridgehead atoms. The predicted molar refractivity (Wildman–Crippen MR) is 101 cm³/mol. The Balaban J connectivity index is 1.61. The van der Waals surface area contributed by atoms with Crippen LogP contribution in [-0.2, 0) is 11.2 Å². The molecule has 0 N–H and O–H groups in total. The smallest absolute Gasteiger partial charge is 0.213 e. The van der Waals surface area contributed by atoms with E-state index in [1.54, 1.807) is 17.6 Å². The molecule has 0 atom stereocenters. The van der Waals surface area contributed by atoms with Crippen LogP contribution in [0, 0.1) is 5.92 Å². The van der Waals surface area contributed by atoms with E-state index in [0.717, 1.165) is 59.5 Å². The highest BCUT2D eigenvalue weighted by Crippen LogP contribution is 2.33. The number of fused-ring (bicyclic) bond motifs is 1. The molecule has 132 valence electrons. The highest BCUT2D eigenvalue weighted by atomic mass is 32.1. The zero-order chi connectivity index (χ0) is 17.3. The molecule has 4 heterocycles. The molecule has 0 unspecified atom stereocenters. The minimum Gasteiger partial charge on any atom is -0.462 e. The summed E-state index contributed by atoms with van der Waals surface area (Å²) in [5.74, 6) is 1.40. The van der Waals surface area contributed by atoms with Crippen LogP contribution in [-0.4, -0.2) is 27.8 Å². The minimum absolute atomic E-state index is 0.611. The van der Waals surface area contributed by atoms with Crippen molar-refractivity contribution in [2.24, 2.45) is 5.92 Å². The van der Waals surface area contributed by atoms with E-state index < -0.39 is 0 Å². The summed E-state index contributed by atoms with van der Waals surface area (Å²) in [5, 5.41) is 5.68. The fraction of sp³-hybridized carbons (Fsp3) is 0.300. The Hall–Kier alpha value is -2.44. The summed E-state index contributed by atoms with van der Waals surface area (Å²) in [5.41, 5.74) is 3.38. The molecule has 5 rings (SSSR count). The van der Waals surface area contributed by atoms with Crippen molar-refractivity contribution in [2.45, 2.75) is 19.3 Å². The zero-order valence-electron chi connectivity index (χ0n) is 14.3. The lowest BCUT2D eigenvalue weighted by atomic mass is 9.93. The van der Waals surface area contributed by atoms with E-state index in [1.165, 1.54) is 5.69 Å². The molecule has 1 fully saturated rings. The van der Waals surface area contributed by atoms with E-state index in [-0.39, 0.29) is 0 Å². The molecule has 6 heteroatoms. The zero-order valence-corrected chi connectivity index (χ0v) is 15.1. The number of ether oxygens (including phenoxy) is 1. The SMILES string of the molecule is c1ccc(-c2nc3sc(-c4ccco4)nn3c2CC2CCOCC2)cc1. The number of hydrogen-bond acceptors (Lipinski definition) is 5. The Morgan fingerprint density at radius 1 is 1.08 bits per heavy atom. The van der Waals surface area contributed by atoms with Gasteiger partial charge in [0.25, 0.3) is 0 Å². The summed E-state index contributed by atoms with van der Waals surface area (Å²) in [6.45, 7) is 1.70. The first-order valence-corrected chi connectivity index (χ1v) is 9.75. The van der Waals surface area contributed by atoms with Gasteiger partial charge in [-0.05, 0) is 37.3 Å².